The molecule has 0 radical (unpaired) electrons. The lowest BCUT2D eigenvalue weighted by molar-refractivity contribution is -0.149. The molecule has 0 saturated carbocycles. The van der Waals surface area contributed by atoms with Crippen LogP contribution in [-0.2, 0) is 14.4 Å². The van der Waals surface area contributed by atoms with Gasteiger partial charge in [-0.3, -0.25) is 10.0 Å². The summed E-state index contributed by atoms with van der Waals surface area (Å²) in [5.41, 5.74) is -0.903. The minimum Gasteiger partial charge on any atom is -0.442 e. The Morgan fingerprint density at radius 1 is 1.29 bits per heavy atom. The summed E-state index contributed by atoms with van der Waals surface area (Å²) >= 11 is 0. The molecule has 0 fully saturated rings. The number of rotatable bonds is 3. The number of hydroxylamine groups is 2. The van der Waals surface area contributed by atoms with E-state index in [1.807, 2.05) is 0 Å². The van der Waals surface area contributed by atoms with E-state index in [4.69, 9.17) is 9.57 Å². The Morgan fingerprint density at radius 3 is 2.25 bits per heavy atom. The molecular weight excluding hydrogens is 316 g/mol. The second kappa shape index (κ2) is 6.39. The predicted octanol–water partition coefficient (Wildman–Crippen LogP) is 1.91. The van der Waals surface area contributed by atoms with Gasteiger partial charge in [-0.05, 0) is 27.7 Å². The summed E-state index contributed by atoms with van der Waals surface area (Å²) in [5, 5.41) is 18.6. The molecule has 1 aliphatic heterocycles. The van der Waals surface area contributed by atoms with Crippen molar-refractivity contribution >= 4 is 23.4 Å². The Morgan fingerprint density at radius 2 is 1.83 bits per heavy atom. The fraction of sp³-hybridized carbons (Fsp3) is 0.733. The smallest absolute Gasteiger partial charge is 0.436 e. The van der Waals surface area contributed by atoms with Gasteiger partial charge in [0, 0.05) is 5.41 Å². The van der Waals surface area contributed by atoms with E-state index in [0.717, 1.165) is 0 Å². The van der Waals surface area contributed by atoms with Gasteiger partial charge < -0.3 is 9.57 Å². The first-order valence-corrected chi connectivity index (χ1v) is 7.48. The van der Waals surface area contributed by atoms with Gasteiger partial charge in [-0.15, -0.1) is 0 Å². The summed E-state index contributed by atoms with van der Waals surface area (Å²) in [4.78, 5) is 29.8. The lowest BCUT2D eigenvalue weighted by Crippen LogP contribution is -2.67. The average Bonchev–Trinajstić information content (AvgIpc) is 2.74. The Bertz CT molecular complexity index is 586. The third-order valence-corrected chi connectivity index (χ3v) is 3.29. The van der Waals surface area contributed by atoms with Crippen molar-refractivity contribution in [2.75, 3.05) is 7.11 Å². The standard InChI is InChI=1S/C15H26N4O5/c1-9(18-23-8)15(19(22)12(21)24-14(5,6)7)10(13(2,3)4)16-17-11(15)20/h22H,1-8H3,(H,17,20)/b18-9+. The second-order valence-corrected chi connectivity index (χ2v) is 7.51. The largest absolute Gasteiger partial charge is 0.442 e. The molecule has 0 saturated heterocycles. The van der Waals surface area contributed by atoms with Crippen LogP contribution in [0.3, 0.4) is 0 Å². The molecule has 9 heteroatoms. The molecule has 1 unspecified atom stereocenters. The second-order valence-electron chi connectivity index (χ2n) is 7.51. The minimum absolute atomic E-state index is 0.0436. The highest BCUT2D eigenvalue weighted by Crippen LogP contribution is 2.34. The van der Waals surface area contributed by atoms with Crippen LogP contribution in [0.5, 0.6) is 0 Å². The van der Waals surface area contributed by atoms with E-state index >= 15 is 0 Å². The highest BCUT2D eigenvalue weighted by molar-refractivity contribution is 6.35. The molecule has 1 aliphatic rings. The fourth-order valence-electron chi connectivity index (χ4n) is 2.42. The van der Waals surface area contributed by atoms with Crippen LogP contribution in [0.25, 0.3) is 0 Å². The van der Waals surface area contributed by atoms with Gasteiger partial charge in [0.15, 0.2) is 0 Å². The number of ether oxygens (including phenoxy) is 1. The van der Waals surface area contributed by atoms with Gasteiger partial charge in [0.1, 0.15) is 12.7 Å². The zero-order chi connectivity index (χ0) is 18.9. The molecular formula is C15H26N4O5. The number of nitrogens with zero attached hydrogens (tertiary/aromatic N) is 3. The van der Waals surface area contributed by atoms with Crippen LogP contribution in [0.15, 0.2) is 10.3 Å². The minimum atomic E-state index is -1.95. The molecule has 1 atom stereocenters. The van der Waals surface area contributed by atoms with Gasteiger partial charge in [-0.2, -0.15) is 10.2 Å². The zero-order valence-corrected chi connectivity index (χ0v) is 15.4. The van der Waals surface area contributed by atoms with E-state index in [0.29, 0.717) is 0 Å². The van der Waals surface area contributed by atoms with Crippen LogP contribution in [0.4, 0.5) is 4.79 Å². The van der Waals surface area contributed by atoms with Crippen LogP contribution in [0.1, 0.15) is 48.5 Å². The molecule has 9 nitrogen and oxygen atoms in total. The van der Waals surface area contributed by atoms with E-state index in [1.54, 1.807) is 41.5 Å². The van der Waals surface area contributed by atoms with Crippen LogP contribution in [0.2, 0.25) is 0 Å². The molecule has 0 aliphatic carbocycles. The van der Waals surface area contributed by atoms with Crippen molar-refractivity contribution in [3.8, 4) is 0 Å². The normalized spacial score (nSPS) is 22.0. The Balaban J connectivity index is 3.52. The third kappa shape index (κ3) is 3.50. The monoisotopic (exact) mass is 342 g/mol. The number of hydrogen-bond donors (Lipinski definition) is 2. The van der Waals surface area contributed by atoms with Crippen molar-refractivity contribution in [1.29, 1.82) is 0 Å². The Kier molecular flexibility index (Phi) is 5.29. The molecule has 2 N–H and O–H groups in total. The number of carbonyl (C=O) groups excluding carboxylic acids is 2. The average molecular weight is 342 g/mol. The molecule has 24 heavy (non-hydrogen) atoms. The number of hydrogen-bond acceptors (Lipinski definition) is 7. The molecule has 0 bridgehead atoms. The molecule has 1 heterocycles. The van der Waals surface area contributed by atoms with Crippen molar-refractivity contribution in [1.82, 2.24) is 10.5 Å². The van der Waals surface area contributed by atoms with Crippen LogP contribution < -0.4 is 5.43 Å². The van der Waals surface area contributed by atoms with E-state index in [1.165, 1.54) is 14.0 Å². The van der Waals surface area contributed by atoms with Crippen molar-refractivity contribution in [2.24, 2.45) is 15.7 Å². The van der Waals surface area contributed by atoms with E-state index in [9.17, 15) is 14.8 Å². The molecule has 2 amide bonds. The Labute approximate surface area is 141 Å². The summed E-state index contributed by atoms with van der Waals surface area (Å²) in [6.07, 6.45) is -1.10. The van der Waals surface area contributed by atoms with E-state index < -0.39 is 28.6 Å². The van der Waals surface area contributed by atoms with Gasteiger partial charge in [-0.1, -0.05) is 25.9 Å². The van der Waals surface area contributed by atoms with Crippen molar-refractivity contribution in [3.63, 3.8) is 0 Å². The number of hydrazone groups is 1. The quantitative estimate of drug-likeness (QED) is 0.462. The number of amides is 2. The first-order valence-electron chi connectivity index (χ1n) is 7.48. The van der Waals surface area contributed by atoms with Gasteiger partial charge in [0.05, 0.1) is 11.4 Å². The van der Waals surface area contributed by atoms with Gasteiger partial charge >= 0.3 is 6.09 Å². The van der Waals surface area contributed by atoms with Gasteiger partial charge in [0.2, 0.25) is 5.54 Å². The third-order valence-electron chi connectivity index (χ3n) is 3.29. The highest BCUT2D eigenvalue weighted by Gasteiger charge is 2.61. The maximum atomic E-state index is 12.6. The lowest BCUT2D eigenvalue weighted by Gasteiger charge is -2.38. The number of oxime groups is 1. The molecule has 136 valence electrons. The van der Waals surface area contributed by atoms with Crippen LogP contribution in [0, 0.1) is 5.41 Å². The Hall–Kier alpha value is -2.16. The number of carbonyl (C=O) groups is 2. The van der Waals surface area contributed by atoms with Gasteiger partial charge in [-0.25, -0.2) is 10.2 Å². The van der Waals surface area contributed by atoms with Crippen molar-refractivity contribution < 1.29 is 24.4 Å². The fourth-order valence-corrected chi connectivity index (χ4v) is 2.42. The zero-order valence-electron chi connectivity index (χ0n) is 15.4. The van der Waals surface area contributed by atoms with Crippen LogP contribution >= 0.6 is 0 Å². The molecule has 0 aromatic rings. The molecule has 1 rings (SSSR count). The van der Waals surface area contributed by atoms with Crippen molar-refractivity contribution in [2.45, 2.75) is 59.6 Å². The van der Waals surface area contributed by atoms with Crippen molar-refractivity contribution in [3.05, 3.63) is 0 Å². The summed E-state index contributed by atoms with van der Waals surface area (Å²) in [6.45, 7) is 11.8. The first-order chi connectivity index (χ1) is 10.8. The number of nitrogens with one attached hydrogen (secondary N) is 1. The first kappa shape index (κ1) is 19.9. The maximum Gasteiger partial charge on any atom is 0.436 e. The lowest BCUT2D eigenvalue weighted by atomic mass is 9.75. The predicted molar refractivity (Wildman–Crippen MR) is 87.7 cm³/mol. The summed E-state index contributed by atoms with van der Waals surface area (Å²) in [6, 6.07) is 0. The highest BCUT2D eigenvalue weighted by atomic mass is 16.6. The SMILES string of the molecule is CO/N=C(\C)C1(N(O)C(=O)OC(C)(C)C)C(=O)NN=C1C(C)(C)C. The molecule has 0 spiro atoms. The van der Waals surface area contributed by atoms with Gasteiger partial charge in [0.25, 0.3) is 5.91 Å². The van der Waals surface area contributed by atoms with E-state index in [2.05, 4.69) is 15.7 Å². The topological polar surface area (TPSA) is 113 Å². The molecule has 0 aromatic heterocycles. The van der Waals surface area contributed by atoms with Crippen LogP contribution in [-0.4, -0.2) is 51.9 Å². The maximum absolute atomic E-state index is 12.6. The van der Waals surface area contributed by atoms with E-state index in [-0.39, 0.29) is 16.5 Å². The summed E-state index contributed by atoms with van der Waals surface area (Å²) < 4.78 is 5.18. The summed E-state index contributed by atoms with van der Waals surface area (Å²) in [5.74, 6) is -0.723. The summed E-state index contributed by atoms with van der Waals surface area (Å²) in [7, 11) is 1.30. The molecule has 0 aromatic carbocycles.